The summed E-state index contributed by atoms with van der Waals surface area (Å²) >= 11 is 1.61. The standard InChI is InChI=1S/C15H16N4OS/c16-8-12-14(17-11-3-1-2-4-11)18-13(19-15(12)20)7-10-5-6-21-9-10/h5-6,9,11H,1-4,7H2,(H2,17,18,19,20). The van der Waals surface area contributed by atoms with Gasteiger partial charge in [0.25, 0.3) is 5.56 Å². The minimum absolute atomic E-state index is 0.0796. The number of nitrogens with zero attached hydrogens (tertiary/aromatic N) is 2. The van der Waals surface area contributed by atoms with Crippen LogP contribution in [0.5, 0.6) is 0 Å². The van der Waals surface area contributed by atoms with Gasteiger partial charge in [-0.25, -0.2) is 4.98 Å². The van der Waals surface area contributed by atoms with E-state index in [4.69, 9.17) is 0 Å². The molecule has 6 heteroatoms. The third-order valence-electron chi connectivity index (χ3n) is 3.73. The van der Waals surface area contributed by atoms with E-state index in [1.54, 1.807) is 11.3 Å². The molecule has 3 rings (SSSR count). The molecular weight excluding hydrogens is 284 g/mol. The fourth-order valence-corrected chi connectivity index (χ4v) is 3.33. The van der Waals surface area contributed by atoms with Gasteiger partial charge in [0.15, 0.2) is 11.4 Å². The van der Waals surface area contributed by atoms with Crippen molar-refractivity contribution in [3.05, 3.63) is 44.1 Å². The van der Waals surface area contributed by atoms with E-state index >= 15 is 0 Å². The van der Waals surface area contributed by atoms with E-state index < -0.39 is 0 Å². The number of anilines is 1. The van der Waals surface area contributed by atoms with Gasteiger partial charge in [0.05, 0.1) is 0 Å². The average molecular weight is 300 g/mol. The summed E-state index contributed by atoms with van der Waals surface area (Å²) in [5.74, 6) is 1.02. The van der Waals surface area contributed by atoms with Gasteiger partial charge in [-0.2, -0.15) is 16.6 Å². The first-order valence-corrected chi connectivity index (χ1v) is 8.01. The van der Waals surface area contributed by atoms with Crippen LogP contribution in [0.4, 0.5) is 5.82 Å². The van der Waals surface area contributed by atoms with Crippen molar-refractivity contribution in [2.45, 2.75) is 38.1 Å². The Labute approximate surface area is 126 Å². The molecule has 21 heavy (non-hydrogen) atoms. The molecule has 2 aromatic rings. The highest BCUT2D eigenvalue weighted by Gasteiger charge is 2.19. The summed E-state index contributed by atoms with van der Waals surface area (Å²) in [4.78, 5) is 19.2. The maximum atomic E-state index is 12.0. The summed E-state index contributed by atoms with van der Waals surface area (Å²) in [7, 11) is 0. The fourth-order valence-electron chi connectivity index (χ4n) is 2.66. The van der Waals surface area contributed by atoms with E-state index in [9.17, 15) is 10.1 Å². The number of H-pyrrole nitrogens is 1. The van der Waals surface area contributed by atoms with Crippen molar-refractivity contribution in [2.24, 2.45) is 0 Å². The molecule has 108 valence electrons. The van der Waals surface area contributed by atoms with Crippen LogP contribution in [0.15, 0.2) is 21.6 Å². The highest BCUT2D eigenvalue weighted by atomic mass is 32.1. The molecule has 0 spiro atoms. The first-order valence-electron chi connectivity index (χ1n) is 7.07. The molecule has 1 saturated carbocycles. The summed E-state index contributed by atoms with van der Waals surface area (Å²) in [6.45, 7) is 0. The van der Waals surface area contributed by atoms with Gasteiger partial charge in [-0.1, -0.05) is 12.8 Å². The number of nitrogens with one attached hydrogen (secondary N) is 2. The van der Waals surface area contributed by atoms with Gasteiger partial charge >= 0.3 is 0 Å². The minimum Gasteiger partial charge on any atom is -0.366 e. The second-order valence-electron chi connectivity index (χ2n) is 5.28. The van der Waals surface area contributed by atoms with Gasteiger partial charge in [0.2, 0.25) is 0 Å². The summed E-state index contributed by atoms with van der Waals surface area (Å²) in [6, 6.07) is 4.28. The Morgan fingerprint density at radius 3 is 2.95 bits per heavy atom. The lowest BCUT2D eigenvalue weighted by molar-refractivity contribution is 0.745. The molecule has 0 aliphatic heterocycles. The monoisotopic (exact) mass is 300 g/mol. The van der Waals surface area contributed by atoms with Gasteiger partial charge in [-0.05, 0) is 35.2 Å². The number of hydrogen-bond acceptors (Lipinski definition) is 5. The molecule has 0 bridgehead atoms. The van der Waals surface area contributed by atoms with Gasteiger partial charge in [-0.15, -0.1) is 0 Å². The van der Waals surface area contributed by atoms with Gasteiger partial charge < -0.3 is 10.3 Å². The van der Waals surface area contributed by atoms with Crippen LogP contribution in [0.1, 0.15) is 42.6 Å². The smallest absolute Gasteiger partial charge is 0.271 e. The zero-order valence-electron chi connectivity index (χ0n) is 11.6. The molecule has 0 amide bonds. The largest absolute Gasteiger partial charge is 0.366 e. The molecule has 2 heterocycles. The highest BCUT2D eigenvalue weighted by molar-refractivity contribution is 7.07. The van der Waals surface area contributed by atoms with E-state index in [0.717, 1.165) is 18.4 Å². The number of rotatable bonds is 4. The quantitative estimate of drug-likeness (QED) is 0.909. The first-order chi connectivity index (χ1) is 10.3. The van der Waals surface area contributed by atoms with Crippen LogP contribution in [-0.4, -0.2) is 16.0 Å². The van der Waals surface area contributed by atoms with Crippen molar-refractivity contribution < 1.29 is 0 Å². The van der Waals surface area contributed by atoms with Crippen molar-refractivity contribution in [1.82, 2.24) is 9.97 Å². The van der Waals surface area contributed by atoms with Crippen LogP contribution < -0.4 is 10.9 Å². The normalized spacial score (nSPS) is 15.0. The van der Waals surface area contributed by atoms with E-state index in [0.29, 0.717) is 24.1 Å². The van der Waals surface area contributed by atoms with Crippen LogP contribution in [0.3, 0.4) is 0 Å². The maximum absolute atomic E-state index is 12.0. The highest BCUT2D eigenvalue weighted by Crippen LogP contribution is 2.22. The Hall–Kier alpha value is -2.13. The Balaban J connectivity index is 1.90. The second kappa shape index (κ2) is 6.10. The van der Waals surface area contributed by atoms with Crippen molar-refractivity contribution in [2.75, 3.05) is 5.32 Å². The van der Waals surface area contributed by atoms with E-state index in [2.05, 4.69) is 15.3 Å². The number of thiophene rings is 1. The number of aromatic amines is 1. The molecule has 0 aromatic carbocycles. The lowest BCUT2D eigenvalue weighted by atomic mass is 10.2. The number of aromatic nitrogens is 2. The molecule has 0 atom stereocenters. The van der Waals surface area contributed by atoms with Crippen LogP contribution in [0.25, 0.3) is 0 Å². The second-order valence-corrected chi connectivity index (χ2v) is 6.06. The molecular formula is C15H16N4OS. The maximum Gasteiger partial charge on any atom is 0.271 e. The molecule has 1 aliphatic carbocycles. The third-order valence-corrected chi connectivity index (χ3v) is 4.46. The predicted octanol–water partition coefficient (Wildman–Crippen LogP) is 2.65. The summed E-state index contributed by atoms with van der Waals surface area (Å²) in [6.07, 6.45) is 5.08. The average Bonchev–Trinajstić information content (AvgIpc) is 3.12. The Bertz CT molecular complexity index is 708. The van der Waals surface area contributed by atoms with Gasteiger partial charge in [0, 0.05) is 12.5 Å². The van der Waals surface area contributed by atoms with Crippen molar-refractivity contribution in [1.29, 1.82) is 5.26 Å². The topological polar surface area (TPSA) is 81.6 Å². The van der Waals surface area contributed by atoms with Crippen LogP contribution in [0, 0.1) is 11.3 Å². The molecule has 2 N–H and O–H groups in total. The fraction of sp³-hybridized carbons (Fsp3) is 0.400. The molecule has 1 fully saturated rings. The molecule has 5 nitrogen and oxygen atoms in total. The van der Waals surface area contributed by atoms with Crippen LogP contribution in [0.2, 0.25) is 0 Å². The van der Waals surface area contributed by atoms with Crippen LogP contribution >= 0.6 is 11.3 Å². The third kappa shape index (κ3) is 3.14. The minimum atomic E-state index is -0.363. The summed E-state index contributed by atoms with van der Waals surface area (Å²) < 4.78 is 0. The van der Waals surface area contributed by atoms with Crippen molar-refractivity contribution in [3.8, 4) is 6.07 Å². The van der Waals surface area contributed by atoms with E-state index in [-0.39, 0.29) is 11.1 Å². The van der Waals surface area contributed by atoms with E-state index in [1.807, 2.05) is 22.9 Å². The van der Waals surface area contributed by atoms with Crippen LogP contribution in [-0.2, 0) is 6.42 Å². The molecule has 0 saturated heterocycles. The van der Waals surface area contributed by atoms with Crippen molar-refractivity contribution >= 4 is 17.2 Å². The Morgan fingerprint density at radius 1 is 1.48 bits per heavy atom. The molecule has 0 unspecified atom stereocenters. The lowest BCUT2D eigenvalue weighted by Crippen LogP contribution is -2.23. The molecule has 0 radical (unpaired) electrons. The predicted molar refractivity (Wildman–Crippen MR) is 82.6 cm³/mol. The number of nitriles is 1. The Morgan fingerprint density at radius 2 is 2.29 bits per heavy atom. The zero-order valence-corrected chi connectivity index (χ0v) is 12.4. The lowest BCUT2D eigenvalue weighted by Gasteiger charge is -2.14. The summed E-state index contributed by atoms with van der Waals surface area (Å²) in [5.41, 5.74) is 0.828. The summed E-state index contributed by atoms with van der Waals surface area (Å²) in [5, 5.41) is 16.5. The zero-order chi connectivity index (χ0) is 14.7. The SMILES string of the molecule is N#Cc1c(NC2CCCC2)nc(Cc2ccsc2)[nH]c1=O. The first kappa shape index (κ1) is 13.8. The van der Waals surface area contributed by atoms with Gasteiger partial charge in [-0.3, -0.25) is 4.79 Å². The van der Waals surface area contributed by atoms with Crippen molar-refractivity contribution in [3.63, 3.8) is 0 Å². The number of hydrogen-bond donors (Lipinski definition) is 2. The molecule has 1 aliphatic rings. The van der Waals surface area contributed by atoms with E-state index in [1.165, 1.54) is 12.8 Å². The molecule has 2 aromatic heterocycles. The van der Waals surface area contributed by atoms with Gasteiger partial charge in [0.1, 0.15) is 11.9 Å². The Kier molecular flexibility index (Phi) is 4.02.